The summed E-state index contributed by atoms with van der Waals surface area (Å²) in [5, 5.41) is 0. The first kappa shape index (κ1) is 23.1. The van der Waals surface area contributed by atoms with E-state index >= 15 is 0 Å². The molecule has 0 atom stereocenters. The van der Waals surface area contributed by atoms with E-state index in [0.29, 0.717) is 23.7 Å². The van der Waals surface area contributed by atoms with Crippen LogP contribution in [-0.2, 0) is 27.9 Å². The van der Waals surface area contributed by atoms with Gasteiger partial charge in [-0.15, -0.1) is 0 Å². The molecule has 1 aliphatic rings. The van der Waals surface area contributed by atoms with Gasteiger partial charge in [-0.05, 0) is 60.9 Å². The van der Waals surface area contributed by atoms with Gasteiger partial charge < -0.3 is 14.4 Å². The maximum absolute atomic E-state index is 14.7. The highest BCUT2D eigenvalue weighted by atomic mass is 19.4. The lowest BCUT2D eigenvalue weighted by atomic mass is 9.87. The third kappa shape index (κ3) is 5.04. The van der Waals surface area contributed by atoms with Crippen LogP contribution in [0, 0.1) is 18.6 Å². The minimum absolute atomic E-state index is 0.0468. The molecule has 3 rings (SSSR count). The van der Waals surface area contributed by atoms with E-state index in [2.05, 4.69) is 4.99 Å². The Morgan fingerprint density at radius 2 is 1.90 bits per heavy atom. The van der Waals surface area contributed by atoms with E-state index in [-0.39, 0.29) is 24.5 Å². The number of aliphatic imine (C=N–C) groups is 1. The summed E-state index contributed by atoms with van der Waals surface area (Å²) in [4.78, 5) is 5.92. The Kier molecular flexibility index (Phi) is 6.66. The highest BCUT2D eigenvalue weighted by Crippen LogP contribution is 2.40. The van der Waals surface area contributed by atoms with Crippen LogP contribution in [0.5, 0.6) is 0 Å². The van der Waals surface area contributed by atoms with Crippen molar-refractivity contribution in [2.75, 3.05) is 26.8 Å². The zero-order chi connectivity index (χ0) is 22.8. The van der Waals surface area contributed by atoms with Crippen LogP contribution in [0.4, 0.5) is 27.6 Å². The normalized spacial score (nSPS) is 15.9. The van der Waals surface area contributed by atoms with Crippen LogP contribution in [0.1, 0.15) is 29.2 Å². The molecule has 1 aliphatic heterocycles. The van der Waals surface area contributed by atoms with Crippen LogP contribution in [-0.4, -0.2) is 38.0 Å². The standard InChI is InChI=1S/C22H23F5N2O2/c1-4-29(3)13-28-20-7-14(2)18(9-19(20)24)21(11-30-12-21)31-10-15-8-16(23)5-6-17(15)22(25,26)27/h5-9,13H,4,10-12H2,1-3H3. The van der Waals surface area contributed by atoms with Gasteiger partial charge >= 0.3 is 6.18 Å². The average Bonchev–Trinajstić information content (AvgIpc) is 2.67. The van der Waals surface area contributed by atoms with Gasteiger partial charge in [-0.25, -0.2) is 13.8 Å². The Morgan fingerprint density at radius 1 is 1.19 bits per heavy atom. The predicted molar refractivity (Wildman–Crippen MR) is 106 cm³/mol. The average molecular weight is 442 g/mol. The Bertz CT molecular complexity index is 971. The summed E-state index contributed by atoms with van der Waals surface area (Å²) in [5.41, 5.74) is -1.17. The SMILES string of the molecule is CCN(C)C=Nc1cc(C)c(C2(OCc3cc(F)ccc3C(F)(F)F)COC2)cc1F. The molecule has 1 heterocycles. The van der Waals surface area contributed by atoms with Crippen molar-refractivity contribution in [2.24, 2.45) is 4.99 Å². The Labute approximate surface area is 177 Å². The number of ether oxygens (including phenoxy) is 2. The molecular weight excluding hydrogens is 419 g/mol. The summed E-state index contributed by atoms with van der Waals surface area (Å²) < 4.78 is 79.1. The number of hydrogen-bond acceptors (Lipinski definition) is 3. The van der Waals surface area contributed by atoms with Crippen LogP contribution in [0.25, 0.3) is 0 Å². The highest BCUT2D eigenvalue weighted by Gasteiger charge is 2.44. The maximum Gasteiger partial charge on any atom is 0.416 e. The van der Waals surface area contributed by atoms with E-state index in [0.717, 1.165) is 12.1 Å². The monoisotopic (exact) mass is 442 g/mol. The van der Waals surface area contributed by atoms with Gasteiger partial charge in [0, 0.05) is 13.6 Å². The van der Waals surface area contributed by atoms with Gasteiger partial charge in [0.15, 0.2) is 0 Å². The van der Waals surface area contributed by atoms with Gasteiger partial charge in [-0.3, -0.25) is 0 Å². The maximum atomic E-state index is 14.7. The predicted octanol–water partition coefficient (Wildman–Crippen LogP) is 5.35. The van der Waals surface area contributed by atoms with Crippen molar-refractivity contribution in [1.82, 2.24) is 4.90 Å². The first-order valence-corrected chi connectivity index (χ1v) is 9.68. The largest absolute Gasteiger partial charge is 0.416 e. The Balaban J connectivity index is 1.88. The van der Waals surface area contributed by atoms with Gasteiger partial charge in [0.05, 0.1) is 31.7 Å². The summed E-state index contributed by atoms with van der Waals surface area (Å²) in [7, 11) is 1.80. The minimum Gasteiger partial charge on any atom is -0.375 e. The van der Waals surface area contributed by atoms with E-state index in [4.69, 9.17) is 9.47 Å². The zero-order valence-corrected chi connectivity index (χ0v) is 17.4. The molecule has 1 saturated heterocycles. The van der Waals surface area contributed by atoms with Crippen molar-refractivity contribution in [3.8, 4) is 0 Å². The molecular formula is C22H23F5N2O2. The second-order valence-corrected chi connectivity index (χ2v) is 7.51. The van der Waals surface area contributed by atoms with E-state index in [1.54, 1.807) is 24.9 Å². The molecule has 2 aromatic carbocycles. The summed E-state index contributed by atoms with van der Waals surface area (Å²) in [5.74, 6) is -1.38. The smallest absolute Gasteiger partial charge is 0.375 e. The van der Waals surface area contributed by atoms with Crippen LogP contribution in [0.3, 0.4) is 0 Å². The summed E-state index contributed by atoms with van der Waals surface area (Å²) in [6.45, 7) is 3.96. The van der Waals surface area contributed by atoms with Crippen molar-refractivity contribution in [3.05, 3.63) is 64.2 Å². The van der Waals surface area contributed by atoms with Crippen molar-refractivity contribution in [3.63, 3.8) is 0 Å². The molecule has 2 aromatic rings. The fourth-order valence-electron chi connectivity index (χ4n) is 3.28. The lowest BCUT2D eigenvalue weighted by molar-refractivity contribution is -0.224. The molecule has 0 amide bonds. The molecule has 1 fully saturated rings. The van der Waals surface area contributed by atoms with E-state index in [1.807, 2.05) is 6.92 Å². The number of halogens is 5. The fraction of sp³-hybridized carbons (Fsp3) is 0.409. The lowest BCUT2D eigenvalue weighted by Gasteiger charge is -2.42. The molecule has 0 unspecified atom stereocenters. The lowest BCUT2D eigenvalue weighted by Crippen LogP contribution is -2.49. The Hall–Kier alpha value is -2.52. The van der Waals surface area contributed by atoms with Crippen LogP contribution in [0.15, 0.2) is 35.3 Å². The molecule has 0 bridgehead atoms. The van der Waals surface area contributed by atoms with Gasteiger partial charge in [-0.2, -0.15) is 13.2 Å². The van der Waals surface area contributed by atoms with Crippen LogP contribution < -0.4 is 0 Å². The molecule has 168 valence electrons. The molecule has 0 aromatic heterocycles. The van der Waals surface area contributed by atoms with Gasteiger partial charge in [0.1, 0.15) is 22.9 Å². The molecule has 4 nitrogen and oxygen atoms in total. The zero-order valence-electron chi connectivity index (χ0n) is 17.4. The number of benzene rings is 2. The third-order valence-electron chi connectivity index (χ3n) is 5.22. The van der Waals surface area contributed by atoms with Gasteiger partial charge in [0.2, 0.25) is 0 Å². The number of rotatable bonds is 7. The number of hydrogen-bond donors (Lipinski definition) is 0. The molecule has 0 spiro atoms. The van der Waals surface area contributed by atoms with Gasteiger partial charge in [-0.1, -0.05) is 0 Å². The summed E-state index contributed by atoms with van der Waals surface area (Å²) in [6.07, 6.45) is -3.14. The number of alkyl halides is 3. The summed E-state index contributed by atoms with van der Waals surface area (Å²) >= 11 is 0. The Morgan fingerprint density at radius 3 is 2.48 bits per heavy atom. The summed E-state index contributed by atoms with van der Waals surface area (Å²) in [6, 6.07) is 5.06. The minimum atomic E-state index is -4.65. The second kappa shape index (κ2) is 8.92. The van der Waals surface area contributed by atoms with Crippen molar-refractivity contribution in [1.29, 1.82) is 0 Å². The van der Waals surface area contributed by atoms with Crippen molar-refractivity contribution in [2.45, 2.75) is 32.2 Å². The first-order valence-electron chi connectivity index (χ1n) is 9.68. The quantitative estimate of drug-likeness (QED) is 0.330. The molecule has 0 saturated carbocycles. The van der Waals surface area contributed by atoms with Crippen molar-refractivity contribution >= 4 is 12.0 Å². The first-order chi connectivity index (χ1) is 14.6. The molecule has 9 heteroatoms. The van der Waals surface area contributed by atoms with Crippen molar-refractivity contribution < 1.29 is 31.4 Å². The van der Waals surface area contributed by atoms with E-state index < -0.39 is 35.6 Å². The number of aryl methyl sites for hydroxylation is 1. The molecule has 0 radical (unpaired) electrons. The van der Waals surface area contributed by atoms with Crippen LogP contribution >= 0.6 is 0 Å². The van der Waals surface area contributed by atoms with E-state index in [1.165, 1.54) is 12.4 Å². The van der Waals surface area contributed by atoms with Crippen LogP contribution in [0.2, 0.25) is 0 Å². The number of nitrogens with zero attached hydrogens (tertiary/aromatic N) is 2. The topological polar surface area (TPSA) is 34.1 Å². The third-order valence-corrected chi connectivity index (χ3v) is 5.22. The van der Waals surface area contributed by atoms with Gasteiger partial charge in [0.25, 0.3) is 0 Å². The van der Waals surface area contributed by atoms with E-state index in [9.17, 15) is 22.0 Å². The molecule has 31 heavy (non-hydrogen) atoms. The second-order valence-electron chi connectivity index (χ2n) is 7.51. The molecule has 0 N–H and O–H groups in total. The molecule has 0 aliphatic carbocycles. The highest BCUT2D eigenvalue weighted by molar-refractivity contribution is 5.62. The fourth-order valence-corrected chi connectivity index (χ4v) is 3.28.